The van der Waals surface area contributed by atoms with Gasteiger partial charge >= 0.3 is 0 Å². The summed E-state index contributed by atoms with van der Waals surface area (Å²) in [6, 6.07) is 8.48. The molecule has 0 spiro atoms. The topological polar surface area (TPSA) is 9.23 Å². The van der Waals surface area contributed by atoms with Gasteiger partial charge in [0.1, 0.15) is 0 Å². The van der Waals surface area contributed by atoms with E-state index in [2.05, 4.69) is 58.9 Å². The second-order valence-corrected chi connectivity index (χ2v) is 4.71. The van der Waals surface area contributed by atoms with Crippen LogP contribution in [0.3, 0.4) is 0 Å². The molecule has 0 aliphatic heterocycles. The molecule has 84 valence electrons. The molecule has 1 unspecified atom stereocenters. The van der Waals surface area contributed by atoms with Gasteiger partial charge in [-0.25, -0.2) is 0 Å². The Morgan fingerprint density at radius 2 is 1.60 bits per heavy atom. The monoisotopic (exact) mass is 206 g/mol. The summed E-state index contributed by atoms with van der Waals surface area (Å²) in [6.45, 7) is 10.7. The zero-order valence-corrected chi connectivity index (χ0v) is 10.4. The van der Waals surface area contributed by atoms with Crippen LogP contribution in [-0.4, -0.2) is 6.10 Å². The van der Waals surface area contributed by atoms with Crippen molar-refractivity contribution in [3.05, 3.63) is 35.4 Å². The maximum Gasteiger partial charge on any atom is 0.0853 e. The van der Waals surface area contributed by atoms with Crippen LogP contribution in [0.5, 0.6) is 0 Å². The van der Waals surface area contributed by atoms with Gasteiger partial charge in [0.15, 0.2) is 0 Å². The summed E-state index contributed by atoms with van der Waals surface area (Å²) in [5.41, 5.74) is 2.64. The van der Waals surface area contributed by atoms with Crippen LogP contribution in [0, 0.1) is 12.8 Å². The lowest BCUT2D eigenvalue weighted by molar-refractivity contribution is -0.0203. The fraction of sp³-hybridized carbons (Fsp3) is 0.571. The molecule has 1 atom stereocenters. The zero-order chi connectivity index (χ0) is 11.4. The number of aryl methyl sites for hydroxylation is 1. The average Bonchev–Trinajstić information content (AvgIpc) is 2.15. The van der Waals surface area contributed by atoms with Gasteiger partial charge in [-0.05, 0) is 37.8 Å². The first-order chi connectivity index (χ1) is 7.02. The van der Waals surface area contributed by atoms with Crippen molar-refractivity contribution in [2.45, 2.75) is 46.8 Å². The molecule has 1 aromatic carbocycles. The van der Waals surface area contributed by atoms with Gasteiger partial charge in [-0.3, -0.25) is 0 Å². The van der Waals surface area contributed by atoms with Crippen molar-refractivity contribution in [3.63, 3.8) is 0 Å². The maximum atomic E-state index is 5.98. The number of hydrogen-bond acceptors (Lipinski definition) is 1. The van der Waals surface area contributed by atoms with Crippen LogP contribution >= 0.6 is 0 Å². The molecule has 0 aromatic heterocycles. The van der Waals surface area contributed by atoms with Crippen LogP contribution in [0.15, 0.2) is 24.3 Å². The molecule has 0 heterocycles. The fourth-order valence-electron chi connectivity index (χ4n) is 1.79. The molecule has 0 saturated carbocycles. The van der Waals surface area contributed by atoms with Crippen molar-refractivity contribution in [3.8, 4) is 0 Å². The van der Waals surface area contributed by atoms with Crippen molar-refractivity contribution >= 4 is 0 Å². The van der Waals surface area contributed by atoms with Crippen LogP contribution in [0.4, 0.5) is 0 Å². The normalized spacial score (nSPS) is 13.5. The van der Waals surface area contributed by atoms with E-state index in [9.17, 15) is 0 Å². The first-order valence-electron chi connectivity index (χ1n) is 5.73. The third-order valence-electron chi connectivity index (χ3n) is 2.52. The Labute approximate surface area is 93.5 Å². The van der Waals surface area contributed by atoms with Crippen molar-refractivity contribution in [2.75, 3.05) is 0 Å². The summed E-state index contributed by atoms with van der Waals surface area (Å²) in [7, 11) is 0. The van der Waals surface area contributed by atoms with E-state index in [0.29, 0.717) is 5.92 Å². The highest BCUT2D eigenvalue weighted by atomic mass is 16.5. The van der Waals surface area contributed by atoms with E-state index in [1.807, 2.05) is 0 Å². The van der Waals surface area contributed by atoms with Crippen molar-refractivity contribution in [2.24, 2.45) is 5.92 Å². The van der Waals surface area contributed by atoms with Crippen molar-refractivity contribution in [1.82, 2.24) is 0 Å². The molecule has 0 N–H and O–H groups in total. The standard InChI is InChI=1S/C14H22O/c1-10(2)14(15-11(3)4)13-9-7-6-8-12(13)5/h6-11,14H,1-5H3. The van der Waals surface area contributed by atoms with E-state index in [1.165, 1.54) is 11.1 Å². The van der Waals surface area contributed by atoms with Crippen LogP contribution in [0.1, 0.15) is 44.9 Å². The number of hydrogen-bond donors (Lipinski definition) is 0. The van der Waals surface area contributed by atoms with E-state index in [1.54, 1.807) is 0 Å². The van der Waals surface area contributed by atoms with Gasteiger partial charge in [-0.15, -0.1) is 0 Å². The Balaban J connectivity index is 2.94. The van der Waals surface area contributed by atoms with Crippen molar-refractivity contribution in [1.29, 1.82) is 0 Å². The summed E-state index contributed by atoms with van der Waals surface area (Å²) in [5, 5.41) is 0. The predicted molar refractivity (Wildman–Crippen MR) is 65.0 cm³/mol. The highest BCUT2D eigenvalue weighted by Gasteiger charge is 2.19. The molecule has 0 fully saturated rings. The smallest absolute Gasteiger partial charge is 0.0853 e. The summed E-state index contributed by atoms with van der Waals surface area (Å²) in [6.07, 6.45) is 0.489. The van der Waals surface area contributed by atoms with Gasteiger partial charge in [-0.1, -0.05) is 38.1 Å². The minimum Gasteiger partial charge on any atom is -0.371 e. The van der Waals surface area contributed by atoms with Gasteiger partial charge in [-0.2, -0.15) is 0 Å². The quantitative estimate of drug-likeness (QED) is 0.720. The molecule has 0 bridgehead atoms. The lowest BCUT2D eigenvalue weighted by Crippen LogP contribution is -2.16. The van der Waals surface area contributed by atoms with Crippen LogP contribution in [-0.2, 0) is 4.74 Å². The lowest BCUT2D eigenvalue weighted by Gasteiger charge is -2.25. The first kappa shape index (κ1) is 12.3. The fourth-order valence-corrected chi connectivity index (χ4v) is 1.79. The Bertz CT molecular complexity index is 302. The molecule has 15 heavy (non-hydrogen) atoms. The maximum absolute atomic E-state index is 5.98. The minimum absolute atomic E-state index is 0.214. The third kappa shape index (κ3) is 3.35. The molecular weight excluding hydrogens is 184 g/mol. The molecule has 1 nitrogen and oxygen atoms in total. The summed E-state index contributed by atoms with van der Waals surface area (Å²) >= 11 is 0. The number of rotatable bonds is 4. The molecule has 1 aromatic rings. The Hall–Kier alpha value is -0.820. The Morgan fingerprint density at radius 1 is 1.00 bits per heavy atom. The zero-order valence-electron chi connectivity index (χ0n) is 10.4. The summed E-state index contributed by atoms with van der Waals surface area (Å²) < 4.78 is 5.98. The summed E-state index contributed by atoms with van der Waals surface area (Å²) in [4.78, 5) is 0. The van der Waals surface area contributed by atoms with Gasteiger partial charge in [0, 0.05) is 0 Å². The molecule has 0 amide bonds. The third-order valence-corrected chi connectivity index (χ3v) is 2.52. The van der Waals surface area contributed by atoms with E-state index in [4.69, 9.17) is 4.74 Å². The highest BCUT2D eigenvalue weighted by molar-refractivity contribution is 5.28. The van der Waals surface area contributed by atoms with E-state index < -0.39 is 0 Å². The predicted octanol–water partition coefficient (Wildman–Crippen LogP) is 4.12. The summed E-state index contributed by atoms with van der Waals surface area (Å²) in [5.74, 6) is 0.508. The molecule has 1 heteroatoms. The Morgan fingerprint density at radius 3 is 2.07 bits per heavy atom. The number of benzene rings is 1. The second-order valence-electron chi connectivity index (χ2n) is 4.71. The molecule has 0 aliphatic carbocycles. The molecule has 1 rings (SSSR count). The van der Waals surface area contributed by atoms with E-state index >= 15 is 0 Å². The van der Waals surface area contributed by atoms with Crippen LogP contribution < -0.4 is 0 Å². The van der Waals surface area contributed by atoms with Crippen LogP contribution in [0.2, 0.25) is 0 Å². The van der Waals surface area contributed by atoms with E-state index in [0.717, 1.165) is 0 Å². The molecule has 0 radical (unpaired) electrons. The second kappa shape index (κ2) is 5.32. The number of ether oxygens (including phenoxy) is 1. The van der Waals surface area contributed by atoms with Gasteiger partial charge in [0.2, 0.25) is 0 Å². The molecular formula is C14H22O. The minimum atomic E-state index is 0.214. The van der Waals surface area contributed by atoms with Gasteiger partial charge in [0.25, 0.3) is 0 Å². The highest BCUT2D eigenvalue weighted by Crippen LogP contribution is 2.29. The average molecular weight is 206 g/mol. The Kier molecular flexibility index (Phi) is 4.34. The molecule has 0 aliphatic rings. The van der Waals surface area contributed by atoms with Gasteiger partial charge < -0.3 is 4.74 Å². The SMILES string of the molecule is Cc1ccccc1C(OC(C)C)C(C)C. The molecule has 0 saturated heterocycles. The van der Waals surface area contributed by atoms with Gasteiger partial charge in [0.05, 0.1) is 12.2 Å². The van der Waals surface area contributed by atoms with Crippen LogP contribution in [0.25, 0.3) is 0 Å². The first-order valence-corrected chi connectivity index (χ1v) is 5.73. The largest absolute Gasteiger partial charge is 0.371 e. The lowest BCUT2D eigenvalue weighted by atomic mass is 9.95. The van der Waals surface area contributed by atoms with E-state index in [-0.39, 0.29) is 12.2 Å². The van der Waals surface area contributed by atoms with Crippen molar-refractivity contribution < 1.29 is 4.74 Å².